The zero-order valence-electron chi connectivity index (χ0n) is 10.8. The summed E-state index contributed by atoms with van der Waals surface area (Å²) < 4.78 is 0. The van der Waals surface area contributed by atoms with Crippen LogP contribution >= 0.6 is 0 Å². The Morgan fingerprint density at radius 1 is 1.28 bits per heavy atom. The molecule has 0 fully saturated rings. The van der Waals surface area contributed by atoms with Crippen LogP contribution in [0.1, 0.15) is 25.8 Å². The third-order valence-electron chi connectivity index (χ3n) is 2.96. The Hall–Kier alpha value is -1.81. The van der Waals surface area contributed by atoms with E-state index in [9.17, 15) is 5.11 Å². The van der Waals surface area contributed by atoms with Gasteiger partial charge in [-0.25, -0.2) is 0 Å². The highest BCUT2D eigenvalue weighted by Gasteiger charge is 2.12. The standard InChI is InChI=1S/C14H19N3O/c1-14(2,18)8-7-10-3-5-11(6-4-10)12-9-16-17-13(12)15/h3-6,9,18H,7-8H2,1-2H3,(H3,15,16,17). The van der Waals surface area contributed by atoms with Gasteiger partial charge in [-0.15, -0.1) is 0 Å². The van der Waals surface area contributed by atoms with E-state index in [1.54, 1.807) is 6.20 Å². The number of nitrogen functional groups attached to an aromatic ring is 1. The van der Waals surface area contributed by atoms with Crippen molar-refractivity contribution in [3.05, 3.63) is 36.0 Å². The molecule has 1 aromatic heterocycles. The number of aromatic amines is 1. The van der Waals surface area contributed by atoms with E-state index in [0.29, 0.717) is 5.82 Å². The first kappa shape index (κ1) is 12.6. The monoisotopic (exact) mass is 245 g/mol. The minimum Gasteiger partial charge on any atom is -0.390 e. The Morgan fingerprint density at radius 3 is 2.44 bits per heavy atom. The summed E-state index contributed by atoms with van der Waals surface area (Å²) in [5.74, 6) is 0.583. The summed E-state index contributed by atoms with van der Waals surface area (Å²) >= 11 is 0. The average molecular weight is 245 g/mol. The molecule has 0 bridgehead atoms. The van der Waals surface area contributed by atoms with Crippen LogP contribution in [0.25, 0.3) is 11.1 Å². The molecule has 0 saturated carbocycles. The van der Waals surface area contributed by atoms with Crippen molar-refractivity contribution in [3.8, 4) is 11.1 Å². The average Bonchev–Trinajstić information content (AvgIpc) is 2.73. The number of anilines is 1. The number of nitrogens with one attached hydrogen (secondary N) is 1. The Balaban J connectivity index is 2.09. The number of aliphatic hydroxyl groups is 1. The van der Waals surface area contributed by atoms with Crippen LogP contribution in [0, 0.1) is 0 Å². The zero-order chi connectivity index (χ0) is 13.2. The second-order valence-electron chi connectivity index (χ2n) is 5.21. The molecule has 0 atom stereocenters. The Morgan fingerprint density at radius 2 is 1.94 bits per heavy atom. The number of benzene rings is 1. The van der Waals surface area contributed by atoms with E-state index >= 15 is 0 Å². The number of nitrogens with two attached hydrogens (primary N) is 1. The minimum atomic E-state index is -0.617. The molecule has 96 valence electrons. The summed E-state index contributed by atoms with van der Waals surface area (Å²) in [6, 6.07) is 8.18. The molecule has 1 aromatic carbocycles. The Bertz CT molecular complexity index is 509. The van der Waals surface area contributed by atoms with Crippen LogP contribution in [0.4, 0.5) is 5.82 Å². The lowest BCUT2D eigenvalue weighted by atomic mass is 9.97. The van der Waals surface area contributed by atoms with Crippen molar-refractivity contribution in [3.63, 3.8) is 0 Å². The normalized spacial score (nSPS) is 11.7. The molecule has 4 heteroatoms. The second-order valence-corrected chi connectivity index (χ2v) is 5.21. The smallest absolute Gasteiger partial charge is 0.126 e. The summed E-state index contributed by atoms with van der Waals surface area (Å²) in [4.78, 5) is 0. The van der Waals surface area contributed by atoms with Crippen LogP contribution in [0.5, 0.6) is 0 Å². The molecule has 0 unspecified atom stereocenters. The number of H-pyrrole nitrogens is 1. The van der Waals surface area contributed by atoms with E-state index in [1.807, 2.05) is 26.0 Å². The first-order valence-corrected chi connectivity index (χ1v) is 6.06. The van der Waals surface area contributed by atoms with Crippen LogP contribution in [-0.2, 0) is 6.42 Å². The van der Waals surface area contributed by atoms with Crippen LogP contribution in [-0.4, -0.2) is 20.9 Å². The number of nitrogens with zero attached hydrogens (tertiary/aromatic N) is 1. The van der Waals surface area contributed by atoms with Crippen LogP contribution < -0.4 is 5.73 Å². The van der Waals surface area contributed by atoms with Gasteiger partial charge in [0.2, 0.25) is 0 Å². The molecular weight excluding hydrogens is 226 g/mol. The molecule has 0 aliphatic heterocycles. The molecule has 0 aliphatic carbocycles. The lowest BCUT2D eigenvalue weighted by molar-refractivity contribution is 0.0714. The fraction of sp³-hybridized carbons (Fsp3) is 0.357. The fourth-order valence-electron chi connectivity index (χ4n) is 1.83. The molecule has 2 aromatic rings. The van der Waals surface area contributed by atoms with Gasteiger partial charge in [-0.3, -0.25) is 5.10 Å². The van der Waals surface area contributed by atoms with Gasteiger partial charge >= 0.3 is 0 Å². The van der Waals surface area contributed by atoms with E-state index in [2.05, 4.69) is 22.3 Å². The van der Waals surface area contributed by atoms with Gasteiger partial charge in [0.05, 0.1) is 11.8 Å². The van der Waals surface area contributed by atoms with E-state index in [0.717, 1.165) is 24.0 Å². The third kappa shape index (κ3) is 3.11. The van der Waals surface area contributed by atoms with E-state index in [1.165, 1.54) is 5.56 Å². The van der Waals surface area contributed by atoms with Gasteiger partial charge in [-0.2, -0.15) is 5.10 Å². The maximum absolute atomic E-state index is 9.69. The summed E-state index contributed by atoms with van der Waals surface area (Å²) in [5.41, 5.74) is 8.34. The zero-order valence-corrected chi connectivity index (χ0v) is 10.8. The third-order valence-corrected chi connectivity index (χ3v) is 2.96. The van der Waals surface area contributed by atoms with Crippen molar-refractivity contribution in [1.29, 1.82) is 0 Å². The van der Waals surface area contributed by atoms with E-state index in [-0.39, 0.29) is 0 Å². The number of hydrogen-bond donors (Lipinski definition) is 3. The lowest BCUT2D eigenvalue weighted by Gasteiger charge is -2.16. The number of aromatic nitrogens is 2. The SMILES string of the molecule is CC(C)(O)CCc1ccc(-c2cn[nH]c2N)cc1. The highest BCUT2D eigenvalue weighted by molar-refractivity contribution is 5.72. The van der Waals surface area contributed by atoms with Crippen molar-refractivity contribution < 1.29 is 5.11 Å². The summed E-state index contributed by atoms with van der Waals surface area (Å²) in [6.45, 7) is 3.65. The maximum atomic E-state index is 9.69. The van der Waals surface area contributed by atoms with Crippen molar-refractivity contribution in [2.75, 3.05) is 5.73 Å². The van der Waals surface area contributed by atoms with Gasteiger partial charge in [-0.05, 0) is 37.8 Å². The molecule has 18 heavy (non-hydrogen) atoms. The first-order chi connectivity index (χ1) is 8.46. The molecule has 0 amide bonds. The topological polar surface area (TPSA) is 74.9 Å². The predicted octanol–water partition coefficient (Wildman–Crippen LogP) is 2.36. The van der Waals surface area contributed by atoms with Gasteiger partial charge in [0.15, 0.2) is 0 Å². The van der Waals surface area contributed by atoms with Crippen molar-refractivity contribution in [1.82, 2.24) is 10.2 Å². The van der Waals surface area contributed by atoms with Crippen molar-refractivity contribution >= 4 is 5.82 Å². The maximum Gasteiger partial charge on any atom is 0.126 e. The molecule has 4 N–H and O–H groups in total. The summed E-state index contributed by atoms with van der Waals surface area (Å²) in [6.07, 6.45) is 3.34. The molecule has 2 rings (SSSR count). The lowest BCUT2D eigenvalue weighted by Crippen LogP contribution is -2.19. The number of aryl methyl sites for hydroxylation is 1. The minimum absolute atomic E-state index is 0.583. The summed E-state index contributed by atoms with van der Waals surface area (Å²) in [7, 11) is 0. The second kappa shape index (κ2) is 4.82. The van der Waals surface area contributed by atoms with Gasteiger partial charge in [-0.1, -0.05) is 24.3 Å². The van der Waals surface area contributed by atoms with Gasteiger partial charge in [0, 0.05) is 5.56 Å². The molecule has 0 aliphatic rings. The van der Waals surface area contributed by atoms with Crippen molar-refractivity contribution in [2.45, 2.75) is 32.3 Å². The summed E-state index contributed by atoms with van der Waals surface area (Å²) in [5, 5.41) is 16.3. The van der Waals surface area contributed by atoms with Gasteiger partial charge < -0.3 is 10.8 Å². The molecule has 4 nitrogen and oxygen atoms in total. The van der Waals surface area contributed by atoms with E-state index < -0.39 is 5.60 Å². The quantitative estimate of drug-likeness (QED) is 0.774. The molecule has 1 heterocycles. The van der Waals surface area contributed by atoms with Gasteiger partial charge in [0.1, 0.15) is 5.82 Å². The van der Waals surface area contributed by atoms with Crippen LogP contribution in [0.2, 0.25) is 0 Å². The molecule has 0 radical (unpaired) electrons. The first-order valence-electron chi connectivity index (χ1n) is 6.06. The molecule has 0 spiro atoms. The highest BCUT2D eigenvalue weighted by atomic mass is 16.3. The molecule has 0 saturated heterocycles. The predicted molar refractivity (Wildman–Crippen MR) is 73.1 cm³/mol. The van der Waals surface area contributed by atoms with Gasteiger partial charge in [0.25, 0.3) is 0 Å². The van der Waals surface area contributed by atoms with Crippen LogP contribution in [0.3, 0.4) is 0 Å². The Kier molecular flexibility index (Phi) is 3.39. The fourth-order valence-corrected chi connectivity index (χ4v) is 1.83. The number of hydrogen-bond acceptors (Lipinski definition) is 3. The highest BCUT2D eigenvalue weighted by Crippen LogP contribution is 2.24. The number of rotatable bonds is 4. The van der Waals surface area contributed by atoms with E-state index in [4.69, 9.17) is 5.73 Å². The van der Waals surface area contributed by atoms with Crippen LogP contribution in [0.15, 0.2) is 30.5 Å². The largest absolute Gasteiger partial charge is 0.390 e. The van der Waals surface area contributed by atoms with Crippen molar-refractivity contribution in [2.24, 2.45) is 0 Å². The molecular formula is C14H19N3O. The Labute approximate surface area is 107 Å².